The summed E-state index contributed by atoms with van der Waals surface area (Å²) in [6, 6.07) is 1.09. The first-order chi connectivity index (χ1) is 3.93. The Morgan fingerprint density at radius 1 is 1.12 bits per heavy atom. The van der Waals surface area contributed by atoms with Crippen LogP contribution in [0.5, 0.6) is 0 Å². The Labute approximate surface area is 50.5 Å². The number of hydrogen-bond donors (Lipinski definition) is 0. The summed E-state index contributed by atoms with van der Waals surface area (Å²) in [5.74, 6) is 0. The smallest absolute Gasteiger partial charge is 0.0288 e. The minimum atomic E-state index is 1.07. The van der Waals surface area contributed by atoms with E-state index in [1.54, 1.807) is 0 Å². The van der Waals surface area contributed by atoms with Gasteiger partial charge in [-0.2, -0.15) is 0 Å². The van der Waals surface area contributed by atoms with Crippen molar-refractivity contribution in [3.8, 4) is 0 Å². The van der Waals surface area contributed by atoms with E-state index in [0.717, 1.165) is 18.9 Å². The van der Waals surface area contributed by atoms with Crippen molar-refractivity contribution in [2.75, 3.05) is 0 Å². The molecule has 0 N–H and O–H groups in total. The molecule has 1 fully saturated rings. The van der Waals surface area contributed by atoms with Gasteiger partial charge in [0.1, 0.15) is 0 Å². The maximum Gasteiger partial charge on any atom is -0.0288 e. The van der Waals surface area contributed by atoms with Crippen LogP contribution in [-0.4, -0.2) is 0 Å². The first-order valence-corrected chi connectivity index (χ1v) is 3.15. The molecule has 0 unspecified atom stereocenters. The van der Waals surface area contributed by atoms with E-state index in [1.165, 1.54) is 19.3 Å². The van der Waals surface area contributed by atoms with Gasteiger partial charge < -0.3 is 4.85 Å². The number of hydrogen-bond acceptors (Lipinski definition) is 0. The van der Waals surface area contributed by atoms with E-state index in [-0.39, 0.29) is 0 Å². The Hall–Kier alpha value is -0.640. The highest BCUT2D eigenvalue weighted by Crippen LogP contribution is 2.25. The van der Waals surface area contributed by atoms with Crippen LogP contribution in [0.25, 0.3) is 4.85 Å². The van der Waals surface area contributed by atoms with Crippen molar-refractivity contribution in [2.45, 2.75) is 32.1 Å². The Bertz CT molecular complexity index is 95.4. The fourth-order valence-corrected chi connectivity index (χ4v) is 1.07. The standard InChI is InChI=1S/C7H10N/c1-8-7-5-3-2-4-6-7/h2-6H2/q-1. The fourth-order valence-electron chi connectivity index (χ4n) is 1.07. The Balaban J connectivity index is 2.25. The van der Waals surface area contributed by atoms with Crippen molar-refractivity contribution in [1.29, 1.82) is 0 Å². The summed E-state index contributed by atoms with van der Waals surface area (Å²) in [4.78, 5) is 3.41. The van der Waals surface area contributed by atoms with Crippen molar-refractivity contribution < 1.29 is 0 Å². The van der Waals surface area contributed by atoms with Crippen LogP contribution in [-0.2, 0) is 0 Å². The normalized spacial score (nSPS) is 20.1. The fraction of sp³-hybridized carbons (Fsp3) is 0.714. The van der Waals surface area contributed by atoms with Gasteiger partial charge >= 0.3 is 0 Å². The summed E-state index contributed by atoms with van der Waals surface area (Å²) in [5.41, 5.74) is 0. The molecule has 0 spiro atoms. The Morgan fingerprint density at radius 2 is 1.75 bits per heavy atom. The zero-order valence-electron chi connectivity index (χ0n) is 4.98. The van der Waals surface area contributed by atoms with E-state index in [0.29, 0.717) is 0 Å². The molecule has 0 atom stereocenters. The summed E-state index contributed by atoms with van der Waals surface area (Å²) in [7, 11) is 0. The van der Waals surface area contributed by atoms with E-state index < -0.39 is 0 Å². The first-order valence-electron chi connectivity index (χ1n) is 3.15. The molecule has 0 aromatic heterocycles. The third kappa shape index (κ3) is 1.16. The zero-order chi connectivity index (χ0) is 5.82. The van der Waals surface area contributed by atoms with E-state index in [1.807, 2.05) is 0 Å². The van der Waals surface area contributed by atoms with Crippen LogP contribution in [0.15, 0.2) is 0 Å². The second-order valence-electron chi connectivity index (χ2n) is 2.24. The molecule has 1 rings (SSSR count). The molecule has 1 aliphatic carbocycles. The molecule has 0 heterocycles. The van der Waals surface area contributed by atoms with Gasteiger partial charge in [0.2, 0.25) is 0 Å². The van der Waals surface area contributed by atoms with Gasteiger partial charge in [-0.05, 0) is 6.04 Å². The molecule has 0 bridgehead atoms. The highest BCUT2D eigenvalue weighted by molar-refractivity contribution is 4.99. The monoisotopic (exact) mass is 108 g/mol. The largest absolute Gasteiger partial charge is 0.458 e. The summed E-state index contributed by atoms with van der Waals surface area (Å²) >= 11 is 0. The van der Waals surface area contributed by atoms with Crippen LogP contribution in [0.4, 0.5) is 0 Å². The van der Waals surface area contributed by atoms with Crippen molar-refractivity contribution in [1.82, 2.24) is 0 Å². The quantitative estimate of drug-likeness (QED) is 0.420. The molecule has 1 aliphatic rings. The molecule has 0 amide bonds. The molecule has 1 heteroatoms. The van der Waals surface area contributed by atoms with Gasteiger partial charge in [-0.15, -0.1) is 0 Å². The number of nitrogens with zero attached hydrogens (tertiary/aromatic N) is 1. The summed E-state index contributed by atoms with van der Waals surface area (Å²) in [6.45, 7) is 6.69. The highest BCUT2D eigenvalue weighted by atomic mass is 14.7. The maximum absolute atomic E-state index is 6.69. The third-order valence-corrected chi connectivity index (χ3v) is 1.59. The van der Waals surface area contributed by atoms with Gasteiger partial charge in [-0.1, -0.05) is 32.1 Å². The minimum Gasteiger partial charge on any atom is -0.458 e. The third-order valence-electron chi connectivity index (χ3n) is 1.59. The molecule has 44 valence electrons. The average molecular weight is 108 g/mol. The minimum absolute atomic E-state index is 1.07. The van der Waals surface area contributed by atoms with Crippen LogP contribution in [0, 0.1) is 12.6 Å². The molecule has 1 saturated carbocycles. The van der Waals surface area contributed by atoms with Gasteiger partial charge in [-0.25, -0.2) is 0 Å². The lowest BCUT2D eigenvalue weighted by Gasteiger charge is -2.21. The molecule has 0 radical (unpaired) electrons. The van der Waals surface area contributed by atoms with Crippen LogP contribution < -0.4 is 0 Å². The first kappa shape index (κ1) is 5.50. The van der Waals surface area contributed by atoms with E-state index in [9.17, 15) is 0 Å². The molecule has 0 aromatic carbocycles. The second kappa shape index (κ2) is 2.61. The summed E-state index contributed by atoms with van der Waals surface area (Å²) in [5, 5.41) is 0. The van der Waals surface area contributed by atoms with Crippen molar-refractivity contribution in [2.24, 2.45) is 0 Å². The lowest BCUT2D eigenvalue weighted by Crippen LogP contribution is -1.97. The highest BCUT2D eigenvalue weighted by Gasteiger charge is 2.03. The van der Waals surface area contributed by atoms with Gasteiger partial charge in [0, 0.05) is 0 Å². The number of rotatable bonds is 0. The van der Waals surface area contributed by atoms with Crippen molar-refractivity contribution in [3.05, 3.63) is 17.5 Å². The van der Waals surface area contributed by atoms with Gasteiger partial charge in [0.05, 0.1) is 0 Å². The SMILES string of the molecule is [C-]#[N+][C-]1CCCCC1. The van der Waals surface area contributed by atoms with Crippen molar-refractivity contribution in [3.63, 3.8) is 0 Å². The topological polar surface area (TPSA) is 4.36 Å². The van der Waals surface area contributed by atoms with Crippen molar-refractivity contribution >= 4 is 0 Å². The Kier molecular flexibility index (Phi) is 1.80. The molecular formula is C7H10N-. The van der Waals surface area contributed by atoms with Gasteiger partial charge in [-0.3, -0.25) is 6.57 Å². The van der Waals surface area contributed by atoms with E-state index in [2.05, 4.69) is 4.85 Å². The van der Waals surface area contributed by atoms with Crippen LogP contribution in [0.1, 0.15) is 32.1 Å². The molecule has 0 aliphatic heterocycles. The zero-order valence-corrected chi connectivity index (χ0v) is 4.98. The van der Waals surface area contributed by atoms with Crippen LogP contribution in [0.3, 0.4) is 0 Å². The maximum atomic E-state index is 6.69. The molecule has 8 heavy (non-hydrogen) atoms. The Morgan fingerprint density at radius 3 is 2.12 bits per heavy atom. The molecular weight excluding hydrogens is 98.1 g/mol. The lowest BCUT2D eigenvalue weighted by molar-refractivity contribution is 0.556. The molecule has 0 aromatic rings. The molecule has 1 nitrogen and oxygen atoms in total. The van der Waals surface area contributed by atoms with Crippen LogP contribution >= 0.6 is 0 Å². The second-order valence-corrected chi connectivity index (χ2v) is 2.24. The predicted octanol–water partition coefficient (Wildman–Crippen LogP) is 2.40. The van der Waals surface area contributed by atoms with Crippen LogP contribution in [0.2, 0.25) is 0 Å². The van der Waals surface area contributed by atoms with E-state index >= 15 is 0 Å². The van der Waals surface area contributed by atoms with E-state index in [4.69, 9.17) is 6.57 Å². The van der Waals surface area contributed by atoms with Gasteiger partial charge in [0.25, 0.3) is 0 Å². The van der Waals surface area contributed by atoms with Gasteiger partial charge in [0.15, 0.2) is 0 Å². The molecule has 0 saturated heterocycles. The predicted molar refractivity (Wildman–Crippen MR) is 32.9 cm³/mol. The lowest BCUT2D eigenvalue weighted by atomic mass is 9.96. The summed E-state index contributed by atoms with van der Waals surface area (Å²) < 4.78 is 0. The summed E-state index contributed by atoms with van der Waals surface area (Å²) in [6.07, 6.45) is 5.97. The average Bonchev–Trinajstić information content (AvgIpc) is 1.90.